The molecule has 20 heavy (non-hydrogen) atoms. The number of hydrogen-bond donors (Lipinski definition) is 1. The van der Waals surface area contributed by atoms with Crippen LogP contribution < -0.4 is 5.32 Å². The normalized spacial score (nSPS) is 26.9. The number of carbonyl (C=O) groups excluding carboxylic acids is 1. The molecular weight excluding hydrogens is 250 g/mol. The van der Waals surface area contributed by atoms with E-state index in [2.05, 4.69) is 39.9 Å². The van der Waals surface area contributed by atoms with Gasteiger partial charge in [0.05, 0.1) is 7.11 Å². The van der Waals surface area contributed by atoms with E-state index in [1.54, 1.807) is 0 Å². The summed E-state index contributed by atoms with van der Waals surface area (Å²) in [6.45, 7) is 11.2. The first-order valence-corrected chi connectivity index (χ1v) is 8.13. The van der Waals surface area contributed by atoms with Crippen molar-refractivity contribution in [3.05, 3.63) is 0 Å². The minimum atomic E-state index is -0.152. The Bertz CT molecular complexity index is 301. The molecule has 0 amide bonds. The van der Waals surface area contributed by atoms with Gasteiger partial charge in [-0.25, -0.2) is 0 Å². The molecule has 118 valence electrons. The molecule has 3 nitrogen and oxygen atoms in total. The molecule has 1 aliphatic carbocycles. The van der Waals surface area contributed by atoms with Crippen LogP contribution in [0.25, 0.3) is 0 Å². The molecule has 1 N–H and O–H groups in total. The molecular formula is C17H33NO2. The van der Waals surface area contributed by atoms with Crippen molar-refractivity contribution >= 4 is 5.97 Å². The first-order chi connectivity index (χ1) is 9.29. The van der Waals surface area contributed by atoms with Crippen molar-refractivity contribution in [1.29, 1.82) is 0 Å². The Hall–Kier alpha value is -0.570. The van der Waals surface area contributed by atoms with Gasteiger partial charge in [0.1, 0.15) is 6.04 Å². The summed E-state index contributed by atoms with van der Waals surface area (Å²) < 4.78 is 4.95. The van der Waals surface area contributed by atoms with Gasteiger partial charge in [-0.1, -0.05) is 41.0 Å². The van der Waals surface area contributed by atoms with E-state index in [0.717, 1.165) is 12.3 Å². The highest BCUT2D eigenvalue weighted by molar-refractivity contribution is 5.76. The summed E-state index contributed by atoms with van der Waals surface area (Å²) in [5, 5.41) is 3.55. The van der Waals surface area contributed by atoms with Crippen molar-refractivity contribution < 1.29 is 9.53 Å². The Balaban J connectivity index is 2.54. The highest BCUT2D eigenvalue weighted by Crippen LogP contribution is 2.37. The third-order valence-electron chi connectivity index (χ3n) is 5.04. The predicted octanol–water partition coefficient (Wildman–Crippen LogP) is 3.77. The van der Waals surface area contributed by atoms with E-state index in [1.165, 1.54) is 32.8 Å². The fourth-order valence-electron chi connectivity index (χ4n) is 3.21. The Morgan fingerprint density at radius 3 is 2.20 bits per heavy atom. The van der Waals surface area contributed by atoms with E-state index in [0.29, 0.717) is 17.4 Å². The van der Waals surface area contributed by atoms with Crippen molar-refractivity contribution in [3.63, 3.8) is 0 Å². The molecule has 0 aromatic rings. The summed E-state index contributed by atoms with van der Waals surface area (Å²) in [4.78, 5) is 11.9. The molecule has 1 fully saturated rings. The number of ether oxygens (including phenoxy) is 1. The predicted molar refractivity (Wildman–Crippen MR) is 83.6 cm³/mol. The third-order valence-corrected chi connectivity index (χ3v) is 5.04. The van der Waals surface area contributed by atoms with Crippen LogP contribution in [0.1, 0.15) is 66.7 Å². The van der Waals surface area contributed by atoms with Crippen LogP contribution in [0.4, 0.5) is 0 Å². The van der Waals surface area contributed by atoms with Gasteiger partial charge in [0.15, 0.2) is 0 Å². The molecule has 2 atom stereocenters. The first kappa shape index (κ1) is 17.5. The van der Waals surface area contributed by atoms with Gasteiger partial charge in [-0.2, -0.15) is 0 Å². The standard InChI is InChI=1S/C17H33NO2/c1-7-12(2)15(16(19)20-6)18-14-10-8-13(9-11-14)17(3,4)5/h12-15,18H,7-11H2,1-6H3. The van der Waals surface area contributed by atoms with Crippen LogP contribution in [-0.4, -0.2) is 25.2 Å². The average Bonchev–Trinajstić information content (AvgIpc) is 2.42. The number of rotatable bonds is 5. The van der Waals surface area contributed by atoms with E-state index < -0.39 is 0 Å². The lowest BCUT2D eigenvalue weighted by Gasteiger charge is -2.38. The van der Waals surface area contributed by atoms with E-state index in [9.17, 15) is 4.79 Å². The molecule has 0 bridgehead atoms. The monoisotopic (exact) mass is 283 g/mol. The molecule has 2 unspecified atom stereocenters. The average molecular weight is 283 g/mol. The zero-order valence-corrected chi connectivity index (χ0v) is 14.2. The molecule has 0 heterocycles. The Morgan fingerprint density at radius 2 is 1.80 bits per heavy atom. The quantitative estimate of drug-likeness (QED) is 0.781. The second-order valence-corrected chi connectivity index (χ2v) is 7.47. The molecule has 1 aliphatic rings. The summed E-state index contributed by atoms with van der Waals surface area (Å²) >= 11 is 0. The maximum Gasteiger partial charge on any atom is 0.323 e. The van der Waals surface area contributed by atoms with Crippen LogP contribution in [0.5, 0.6) is 0 Å². The highest BCUT2D eigenvalue weighted by atomic mass is 16.5. The van der Waals surface area contributed by atoms with Crippen molar-refractivity contribution in [3.8, 4) is 0 Å². The van der Waals surface area contributed by atoms with E-state index in [4.69, 9.17) is 4.74 Å². The minimum Gasteiger partial charge on any atom is -0.468 e. The minimum absolute atomic E-state index is 0.114. The van der Waals surface area contributed by atoms with Crippen LogP contribution >= 0.6 is 0 Å². The number of methoxy groups -OCH3 is 1. The summed E-state index contributed by atoms with van der Waals surface area (Å²) in [5.41, 5.74) is 0.406. The molecule has 0 aromatic heterocycles. The van der Waals surface area contributed by atoms with Crippen LogP contribution in [0.15, 0.2) is 0 Å². The van der Waals surface area contributed by atoms with Crippen LogP contribution in [0.2, 0.25) is 0 Å². The van der Waals surface area contributed by atoms with Gasteiger partial charge in [0.25, 0.3) is 0 Å². The molecule has 0 aromatic carbocycles. The second kappa shape index (κ2) is 7.44. The summed E-state index contributed by atoms with van der Waals surface area (Å²) in [7, 11) is 1.48. The van der Waals surface area contributed by atoms with Gasteiger partial charge in [-0.05, 0) is 42.9 Å². The van der Waals surface area contributed by atoms with Gasteiger partial charge < -0.3 is 10.1 Å². The van der Waals surface area contributed by atoms with Gasteiger partial charge in [-0.3, -0.25) is 4.79 Å². The smallest absolute Gasteiger partial charge is 0.323 e. The Morgan fingerprint density at radius 1 is 1.25 bits per heavy atom. The van der Waals surface area contributed by atoms with Gasteiger partial charge in [-0.15, -0.1) is 0 Å². The molecule has 1 saturated carbocycles. The lowest BCUT2D eigenvalue weighted by molar-refractivity contribution is -0.145. The highest BCUT2D eigenvalue weighted by Gasteiger charge is 2.33. The van der Waals surface area contributed by atoms with E-state index >= 15 is 0 Å². The zero-order valence-electron chi connectivity index (χ0n) is 14.2. The number of carbonyl (C=O) groups is 1. The maximum absolute atomic E-state index is 11.9. The summed E-state index contributed by atoms with van der Waals surface area (Å²) in [6, 6.07) is 0.313. The molecule has 1 rings (SSSR count). The van der Waals surface area contributed by atoms with Crippen LogP contribution in [0.3, 0.4) is 0 Å². The van der Waals surface area contributed by atoms with Crippen LogP contribution in [-0.2, 0) is 9.53 Å². The molecule has 0 saturated heterocycles. The second-order valence-electron chi connectivity index (χ2n) is 7.47. The van der Waals surface area contributed by atoms with Crippen molar-refractivity contribution in [1.82, 2.24) is 5.32 Å². The van der Waals surface area contributed by atoms with Crippen molar-refractivity contribution in [2.75, 3.05) is 7.11 Å². The van der Waals surface area contributed by atoms with E-state index in [-0.39, 0.29) is 12.0 Å². The Labute approximate surface area is 124 Å². The topological polar surface area (TPSA) is 38.3 Å². The molecule has 0 aliphatic heterocycles. The van der Waals surface area contributed by atoms with Gasteiger partial charge >= 0.3 is 5.97 Å². The first-order valence-electron chi connectivity index (χ1n) is 8.13. The molecule has 3 heteroatoms. The van der Waals surface area contributed by atoms with Gasteiger partial charge in [0.2, 0.25) is 0 Å². The number of esters is 1. The zero-order chi connectivity index (χ0) is 15.3. The maximum atomic E-state index is 11.9. The number of hydrogen-bond acceptors (Lipinski definition) is 3. The largest absolute Gasteiger partial charge is 0.468 e. The van der Waals surface area contributed by atoms with Crippen molar-refractivity contribution in [2.24, 2.45) is 17.3 Å². The van der Waals surface area contributed by atoms with Crippen LogP contribution in [0, 0.1) is 17.3 Å². The summed E-state index contributed by atoms with van der Waals surface area (Å²) in [5.74, 6) is 1.01. The molecule has 0 radical (unpaired) electrons. The molecule has 0 spiro atoms. The van der Waals surface area contributed by atoms with Crippen molar-refractivity contribution in [2.45, 2.75) is 78.8 Å². The number of nitrogens with one attached hydrogen (secondary N) is 1. The fourth-order valence-corrected chi connectivity index (χ4v) is 3.21. The lowest BCUT2D eigenvalue weighted by atomic mass is 9.71. The van der Waals surface area contributed by atoms with Gasteiger partial charge in [0, 0.05) is 6.04 Å². The lowest BCUT2D eigenvalue weighted by Crippen LogP contribution is -2.49. The third kappa shape index (κ3) is 4.76. The summed E-state index contributed by atoms with van der Waals surface area (Å²) in [6.07, 6.45) is 5.85. The van der Waals surface area contributed by atoms with E-state index in [1.807, 2.05) is 0 Å². The SMILES string of the molecule is CCC(C)C(NC1CCC(C(C)(C)C)CC1)C(=O)OC. The Kier molecular flexibility index (Phi) is 6.50. The fraction of sp³-hybridized carbons (Fsp3) is 0.941.